The Kier molecular flexibility index (Phi) is 3.24. The molecule has 0 saturated carbocycles. The molecule has 5 nitrogen and oxygen atoms in total. The number of nitrogens with zero attached hydrogens (tertiary/aromatic N) is 3. The molecule has 1 aromatic heterocycles. The van der Waals surface area contributed by atoms with E-state index in [1.807, 2.05) is 19.9 Å². The van der Waals surface area contributed by atoms with Gasteiger partial charge in [-0.1, -0.05) is 13.8 Å². The van der Waals surface area contributed by atoms with E-state index in [9.17, 15) is 4.79 Å². The zero-order chi connectivity index (χ0) is 10.6. The number of rotatable bonds is 3. The fourth-order valence-electron chi connectivity index (χ4n) is 0.859. The van der Waals surface area contributed by atoms with Gasteiger partial charge in [0, 0.05) is 18.2 Å². The Bertz CT molecular complexity index is 361. The van der Waals surface area contributed by atoms with Crippen LogP contribution in [0.1, 0.15) is 13.8 Å². The van der Waals surface area contributed by atoms with Gasteiger partial charge in [-0.05, 0) is 0 Å². The lowest BCUT2D eigenvalue weighted by molar-refractivity contribution is -0.118. The molecule has 0 aromatic carbocycles. The highest BCUT2D eigenvalue weighted by atomic mass is 16.1. The topological polar surface area (TPSA) is 70.7 Å². The van der Waals surface area contributed by atoms with Crippen molar-refractivity contribution in [1.82, 2.24) is 9.78 Å². The Hall–Kier alpha value is -1.83. The van der Waals surface area contributed by atoms with Crippen molar-refractivity contribution in [3.8, 4) is 6.07 Å². The number of amides is 1. The Balaban J connectivity index is 2.60. The maximum Gasteiger partial charge on any atom is 0.228 e. The minimum absolute atomic E-state index is 0.0730. The standard InChI is InChI=1S/C9H12N4O/c1-7(2)9(14)11-8-3-5-13(12-8)6-4-10/h3,5,7H,6H2,1-2H3,(H,11,12,14). The first-order valence-electron chi connectivity index (χ1n) is 4.34. The van der Waals surface area contributed by atoms with E-state index in [0.29, 0.717) is 5.82 Å². The molecule has 5 heteroatoms. The summed E-state index contributed by atoms with van der Waals surface area (Å²) in [4.78, 5) is 11.3. The molecule has 1 aromatic rings. The Morgan fingerprint density at radius 2 is 2.50 bits per heavy atom. The lowest BCUT2D eigenvalue weighted by Crippen LogP contribution is -2.18. The summed E-state index contributed by atoms with van der Waals surface area (Å²) in [5.41, 5.74) is 0. The minimum atomic E-state index is -0.0767. The van der Waals surface area contributed by atoms with E-state index in [2.05, 4.69) is 10.4 Å². The SMILES string of the molecule is CC(C)C(=O)Nc1ccn(CC#N)n1. The first-order valence-corrected chi connectivity index (χ1v) is 4.34. The minimum Gasteiger partial charge on any atom is -0.309 e. The molecular formula is C9H12N4O. The summed E-state index contributed by atoms with van der Waals surface area (Å²) in [7, 11) is 0. The smallest absolute Gasteiger partial charge is 0.228 e. The van der Waals surface area contributed by atoms with Crippen molar-refractivity contribution in [3.63, 3.8) is 0 Å². The van der Waals surface area contributed by atoms with Gasteiger partial charge >= 0.3 is 0 Å². The van der Waals surface area contributed by atoms with Gasteiger partial charge in [0.2, 0.25) is 5.91 Å². The number of carbonyl (C=O) groups excluding carboxylic acids is 1. The van der Waals surface area contributed by atoms with Crippen LogP contribution in [0.5, 0.6) is 0 Å². The lowest BCUT2D eigenvalue weighted by Gasteiger charge is -2.03. The van der Waals surface area contributed by atoms with Crippen LogP contribution < -0.4 is 5.32 Å². The highest BCUT2D eigenvalue weighted by Gasteiger charge is 2.08. The fourth-order valence-corrected chi connectivity index (χ4v) is 0.859. The van der Waals surface area contributed by atoms with Gasteiger partial charge in [0.25, 0.3) is 0 Å². The van der Waals surface area contributed by atoms with Crippen molar-refractivity contribution in [3.05, 3.63) is 12.3 Å². The first-order chi connectivity index (χ1) is 6.63. The molecule has 0 fully saturated rings. The van der Waals surface area contributed by atoms with Crippen LogP contribution in [0.2, 0.25) is 0 Å². The number of aromatic nitrogens is 2. The highest BCUT2D eigenvalue weighted by molar-refractivity contribution is 5.91. The highest BCUT2D eigenvalue weighted by Crippen LogP contribution is 2.04. The fraction of sp³-hybridized carbons (Fsp3) is 0.444. The van der Waals surface area contributed by atoms with Crippen molar-refractivity contribution in [2.75, 3.05) is 5.32 Å². The van der Waals surface area contributed by atoms with Gasteiger partial charge in [0.05, 0.1) is 6.07 Å². The maximum absolute atomic E-state index is 11.3. The number of anilines is 1. The molecule has 0 aliphatic heterocycles. The maximum atomic E-state index is 11.3. The summed E-state index contributed by atoms with van der Waals surface area (Å²) in [6.45, 7) is 3.81. The number of hydrogen-bond acceptors (Lipinski definition) is 3. The van der Waals surface area contributed by atoms with Gasteiger partial charge in [-0.3, -0.25) is 9.48 Å². The summed E-state index contributed by atoms with van der Waals surface area (Å²) in [5.74, 6) is 0.335. The van der Waals surface area contributed by atoms with Crippen molar-refractivity contribution in [1.29, 1.82) is 5.26 Å². The van der Waals surface area contributed by atoms with Gasteiger partial charge in [0.15, 0.2) is 5.82 Å². The number of nitriles is 1. The predicted molar refractivity (Wildman–Crippen MR) is 51.3 cm³/mol. The number of hydrogen-bond donors (Lipinski definition) is 1. The second-order valence-corrected chi connectivity index (χ2v) is 3.20. The van der Waals surface area contributed by atoms with Gasteiger partial charge in [-0.15, -0.1) is 0 Å². The van der Waals surface area contributed by atoms with Crippen LogP contribution in [0.15, 0.2) is 12.3 Å². The van der Waals surface area contributed by atoms with Crippen molar-refractivity contribution >= 4 is 11.7 Å². The van der Waals surface area contributed by atoms with Crippen LogP contribution in [0, 0.1) is 17.2 Å². The second-order valence-electron chi connectivity index (χ2n) is 3.20. The van der Waals surface area contributed by atoms with Crippen LogP contribution >= 0.6 is 0 Å². The third-order valence-electron chi connectivity index (χ3n) is 1.65. The molecule has 0 saturated heterocycles. The molecule has 0 spiro atoms. The predicted octanol–water partition coefficient (Wildman–Crippen LogP) is 1.00. The molecular weight excluding hydrogens is 180 g/mol. The summed E-state index contributed by atoms with van der Waals surface area (Å²) in [6.07, 6.45) is 1.65. The first kappa shape index (κ1) is 10.3. The van der Waals surface area contributed by atoms with E-state index in [-0.39, 0.29) is 18.4 Å². The molecule has 1 heterocycles. The molecule has 0 aliphatic rings. The summed E-state index contributed by atoms with van der Waals surface area (Å²) >= 11 is 0. The van der Waals surface area contributed by atoms with Crippen LogP contribution in [0.3, 0.4) is 0 Å². The molecule has 0 radical (unpaired) electrons. The third-order valence-corrected chi connectivity index (χ3v) is 1.65. The van der Waals surface area contributed by atoms with Crippen molar-refractivity contribution in [2.24, 2.45) is 5.92 Å². The van der Waals surface area contributed by atoms with Gasteiger partial charge < -0.3 is 5.32 Å². The molecule has 1 N–H and O–H groups in total. The molecule has 1 rings (SSSR count). The molecule has 0 bridgehead atoms. The van der Waals surface area contributed by atoms with E-state index in [4.69, 9.17) is 5.26 Å². The van der Waals surface area contributed by atoms with E-state index in [1.54, 1.807) is 12.3 Å². The van der Waals surface area contributed by atoms with Gasteiger partial charge in [0.1, 0.15) is 6.54 Å². The molecule has 1 amide bonds. The molecule has 0 atom stereocenters. The van der Waals surface area contributed by atoms with E-state index in [0.717, 1.165) is 0 Å². The molecule has 0 unspecified atom stereocenters. The quantitative estimate of drug-likeness (QED) is 0.776. The lowest BCUT2D eigenvalue weighted by atomic mass is 10.2. The third kappa shape index (κ3) is 2.59. The Morgan fingerprint density at radius 1 is 1.79 bits per heavy atom. The van der Waals surface area contributed by atoms with Crippen LogP contribution in [-0.4, -0.2) is 15.7 Å². The zero-order valence-corrected chi connectivity index (χ0v) is 8.19. The molecule has 74 valence electrons. The normalized spacial score (nSPS) is 9.86. The Morgan fingerprint density at radius 3 is 3.07 bits per heavy atom. The molecule has 0 aliphatic carbocycles. The van der Waals surface area contributed by atoms with Gasteiger partial charge in [-0.25, -0.2) is 0 Å². The van der Waals surface area contributed by atoms with E-state index < -0.39 is 0 Å². The van der Waals surface area contributed by atoms with E-state index >= 15 is 0 Å². The molecule has 14 heavy (non-hydrogen) atoms. The average molecular weight is 192 g/mol. The summed E-state index contributed by atoms with van der Waals surface area (Å²) in [6, 6.07) is 3.63. The second kappa shape index (κ2) is 4.42. The van der Waals surface area contributed by atoms with Crippen molar-refractivity contribution in [2.45, 2.75) is 20.4 Å². The summed E-state index contributed by atoms with van der Waals surface area (Å²) in [5, 5.41) is 15.0. The van der Waals surface area contributed by atoms with Crippen LogP contribution in [-0.2, 0) is 11.3 Å². The Labute approximate surface area is 82.3 Å². The van der Waals surface area contributed by atoms with E-state index in [1.165, 1.54) is 4.68 Å². The van der Waals surface area contributed by atoms with Crippen LogP contribution in [0.25, 0.3) is 0 Å². The monoisotopic (exact) mass is 192 g/mol. The summed E-state index contributed by atoms with van der Waals surface area (Å²) < 4.78 is 1.47. The van der Waals surface area contributed by atoms with Crippen molar-refractivity contribution < 1.29 is 4.79 Å². The number of carbonyl (C=O) groups is 1. The largest absolute Gasteiger partial charge is 0.309 e. The van der Waals surface area contributed by atoms with Gasteiger partial charge in [-0.2, -0.15) is 10.4 Å². The zero-order valence-electron chi connectivity index (χ0n) is 8.19. The van der Waals surface area contributed by atoms with Crippen LogP contribution in [0.4, 0.5) is 5.82 Å². The average Bonchev–Trinajstić information content (AvgIpc) is 2.53. The number of nitrogens with one attached hydrogen (secondary N) is 1.